The molecule has 2 fully saturated rings. The Balaban J connectivity index is 1.26. The largest absolute Gasteiger partial charge is 0.325 e. The molecule has 1 unspecified atom stereocenters. The van der Waals surface area contributed by atoms with Gasteiger partial charge in [-0.2, -0.15) is 5.10 Å². The predicted molar refractivity (Wildman–Crippen MR) is 130 cm³/mol. The Labute approximate surface area is 208 Å². The maximum atomic E-state index is 14.0. The van der Waals surface area contributed by atoms with Crippen molar-refractivity contribution in [1.29, 1.82) is 0 Å². The molecule has 1 aliphatic heterocycles. The molecule has 188 valence electrons. The predicted octanol–water partition coefficient (Wildman–Crippen LogP) is 3.08. The lowest BCUT2D eigenvalue weighted by Gasteiger charge is -2.22. The van der Waals surface area contributed by atoms with Crippen LogP contribution in [0, 0.1) is 0 Å². The van der Waals surface area contributed by atoms with Crippen molar-refractivity contribution in [2.24, 2.45) is 0 Å². The van der Waals surface area contributed by atoms with E-state index in [1.165, 1.54) is 11.1 Å². The molecule has 2 saturated carbocycles. The summed E-state index contributed by atoms with van der Waals surface area (Å²) in [4.78, 5) is 47.3. The fraction of sp³-hybridized carbons (Fsp3) is 0.346. The summed E-state index contributed by atoms with van der Waals surface area (Å²) >= 11 is 0. The number of hydrogen-bond donors (Lipinski definition) is 2. The molecule has 0 radical (unpaired) electrons. The number of halogens is 2. The third kappa shape index (κ3) is 3.36. The van der Waals surface area contributed by atoms with Gasteiger partial charge >= 0.3 is 5.69 Å². The summed E-state index contributed by atoms with van der Waals surface area (Å²) in [5, 5.41) is 4.48. The summed E-state index contributed by atoms with van der Waals surface area (Å²) < 4.78 is 29.5. The van der Waals surface area contributed by atoms with Crippen LogP contribution in [-0.4, -0.2) is 42.9 Å². The molecule has 2 aliphatic carbocycles. The van der Waals surface area contributed by atoms with E-state index in [0.29, 0.717) is 29.9 Å². The van der Waals surface area contributed by atoms with Crippen LogP contribution in [0.2, 0.25) is 0 Å². The normalized spacial score (nSPS) is 21.6. The van der Waals surface area contributed by atoms with Gasteiger partial charge in [0.2, 0.25) is 5.91 Å². The molecule has 3 aromatic heterocycles. The van der Waals surface area contributed by atoms with Crippen molar-refractivity contribution < 1.29 is 13.6 Å². The van der Waals surface area contributed by atoms with Crippen LogP contribution in [0.3, 0.4) is 0 Å². The van der Waals surface area contributed by atoms with Crippen molar-refractivity contribution in [3.63, 3.8) is 0 Å². The monoisotopic (exact) mass is 504 g/mol. The van der Waals surface area contributed by atoms with Gasteiger partial charge in [-0.25, -0.2) is 23.1 Å². The minimum Gasteiger partial charge on any atom is -0.313 e. The highest BCUT2D eigenvalue weighted by Crippen LogP contribution is 2.60. The zero-order valence-electron chi connectivity index (χ0n) is 19.8. The molecule has 2 atom stereocenters. The fourth-order valence-electron chi connectivity index (χ4n) is 5.79. The Kier molecular flexibility index (Phi) is 4.30. The molecule has 1 amide bonds. The van der Waals surface area contributed by atoms with Crippen LogP contribution >= 0.6 is 0 Å². The average molecular weight is 504 g/mol. The molecule has 4 heterocycles. The van der Waals surface area contributed by atoms with Crippen molar-refractivity contribution in [1.82, 2.24) is 24.6 Å². The van der Waals surface area contributed by atoms with Crippen molar-refractivity contribution in [2.45, 2.75) is 49.4 Å². The lowest BCUT2D eigenvalue weighted by atomic mass is 9.95. The molecule has 0 bridgehead atoms. The number of imidazole rings is 1. The third-order valence-corrected chi connectivity index (χ3v) is 7.77. The summed E-state index contributed by atoms with van der Waals surface area (Å²) in [7, 11) is 0. The molecule has 2 N–H and O–H groups in total. The van der Waals surface area contributed by atoms with E-state index < -0.39 is 29.1 Å². The number of carbonyl (C=O) groups is 1. The lowest BCUT2D eigenvalue weighted by Crippen LogP contribution is -2.39. The SMILES string of the molecule is CC(F)(F)CN1C(=O)C2(CC2)c2ccc([C@H]3CC3c3cc(-c4c[nH]c(=O)[nH]c4=O)nn4ccnc34)cc21. The summed E-state index contributed by atoms with van der Waals surface area (Å²) in [6, 6.07) is 7.65. The van der Waals surface area contributed by atoms with Gasteiger partial charge in [-0.05, 0) is 54.4 Å². The molecule has 7 rings (SSSR count). The summed E-state index contributed by atoms with van der Waals surface area (Å²) in [5.74, 6) is -3.05. The Morgan fingerprint density at radius 3 is 2.70 bits per heavy atom. The van der Waals surface area contributed by atoms with E-state index in [-0.39, 0.29) is 23.3 Å². The van der Waals surface area contributed by atoms with E-state index in [4.69, 9.17) is 0 Å². The number of amides is 1. The van der Waals surface area contributed by atoms with Crippen molar-refractivity contribution in [3.05, 3.63) is 80.4 Å². The van der Waals surface area contributed by atoms with Crippen LogP contribution in [0.4, 0.5) is 14.5 Å². The van der Waals surface area contributed by atoms with Gasteiger partial charge in [0.25, 0.3) is 11.5 Å². The highest BCUT2D eigenvalue weighted by Gasteiger charge is 2.60. The zero-order valence-corrected chi connectivity index (χ0v) is 19.8. The van der Waals surface area contributed by atoms with Crippen LogP contribution in [-0.2, 0) is 10.2 Å². The molecule has 4 aromatic rings. The molecular weight excluding hydrogens is 482 g/mol. The smallest absolute Gasteiger partial charge is 0.313 e. The van der Waals surface area contributed by atoms with Gasteiger partial charge in [0.05, 0.1) is 23.2 Å². The number of aromatic amines is 2. The molecule has 37 heavy (non-hydrogen) atoms. The molecule has 1 aromatic carbocycles. The fourth-order valence-corrected chi connectivity index (χ4v) is 5.79. The maximum absolute atomic E-state index is 14.0. The van der Waals surface area contributed by atoms with Crippen LogP contribution in [0.25, 0.3) is 16.9 Å². The van der Waals surface area contributed by atoms with E-state index in [0.717, 1.165) is 30.0 Å². The van der Waals surface area contributed by atoms with Gasteiger partial charge in [-0.1, -0.05) is 12.1 Å². The van der Waals surface area contributed by atoms with Gasteiger partial charge in [0.1, 0.15) is 0 Å². The number of benzene rings is 1. The first-order valence-electron chi connectivity index (χ1n) is 12.2. The van der Waals surface area contributed by atoms with E-state index in [9.17, 15) is 23.2 Å². The molecule has 3 aliphatic rings. The number of carbonyl (C=O) groups excluding carboxylic acids is 1. The first-order chi connectivity index (χ1) is 17.6. The average Bonchev–Trinajstić information content (AvgIpc) is 3.75. The highest BCUT2D eigenvalue weighted by molar-refractivity contribution is 6.10. The van der Waals surface area contributed by atoms with E-state index in [1.807, 2.05) is 24.3 Å². The molecule has 0 saturated heterocycles. The Morgan fingerprint density at radius 1 is 1.16 bits per heavy atom. The van der Waals surface area contributed by atoms with Crippen molar-refractivity contribution in [2.75, 3.05) is 11.4 Å². The zero-order chi connectivity index (χ0) is 25.7. The second-order valence-corrected chi connectivity index (χ2v) is 10.4. The molecule has 9 nitrogen and oxygen atoms in total. The first kappa shape index (κ1) is 22.1. The number of anilines is 1. The van der Waals surface area contributed by atoms with Gasteiger partial charge in [0.15, 0.2) is 5.65 Å². The van der Waals surface area contributed by atoms with Gasteiger partial charge < -0.3 is 9.88 Å². The Hall–Kier alpha value is -4.15. The summed E-state index contributed by atoms with van der Waals surface area (Å²) in [6.45, 7) is 0.205. The van der Waals surface area contributed by atoms with Crippen LogP contribution in [0.15, 0.2) is 52.4 Å². The van der Waals surface area contributed by atoms with E-state index in [2.05, 4.69) is 20.1 Å². The topological polar surface area (TPSA) is 116 Å². The minimum atomic E-state index is -3.00. The van der Waals surface area contributed by atoms with Gasteiger partial charge in [-0.15, -0.1) is 0 Å². The molecule has 1 spiro atoms. The number of aromatic nitrogens is 5. The number of nitrogens with one attached hydrogen (secondary N) is 2. The number of rotatable bonds is 5. The number of nitrogens with zero attached hydrogens (tertiary/aromatic N) is 4. The van der Waals surface area contributed by atoms with Crippen molar-refractivity contribution in [3.8, 4) is 11.3 Å². The van der Waals surface area contributed by atoms with Gasteiger partial charge in [0, 0.05) is 36.8 Å². The third-order valence-electron chi connectivity index (χ3n) is 7.77. The number of hydrogen-bond acceptors (Lipinski definition) is 5. The lowest BCUT2D eigenvalue weighted by molar-refractivity contribution is -0.121. The standard InChI is InChI=1S/C26H22F2N6O3/c1-25(27,28)12-33-20-8-13(2-3-18(20)26(4-5-26)23(33)36)14-9-15(14)16-10-19(32-34-7-6-29-21(16)34)17-11-30-24(37)31-22(17)35/h2-3,6-8,10-11,14-15H,4-5,9,12H2,1H3,(H2,30,31,35,37)/t14-,15?/m1/s1. The Morgan fingerprint density at radius 2 is 1.97 bits per heavy atom. The number of fused-ring (bicyclic) bond motifs is 3. The number of H-pyrrole nitrogens is 2. The molecular formula is C26H22F2N6O3. The van der Waals surface area contributed by atoms with Crippen LogP contribution < -0.4 is 16.1 Å². The van der Waals surface area contributed by atoms with Crippen LogP contribution in [0.1, 0.15) is 54.7 Å². The number of alkyl halides is 2. The van der Waals surface area contributed by atoms with Crippen molar-refractivity contribution >= 4 is 17.2 Å². The summed E-state index contributed by atoms with van der Waals surface area (Å²) in [6.07, 6.45) is 6.84. The first-order valence-corrected chi connectivity index (χ1v) is 12.2. The van der Waals surface area contributed by atoms with E-state index in [1.54, 1.807) is 16.9 Å². The highest BCUT2D eigenvalue weighted by atomic mass is 19.3. The van der Waals surface area contributed by atoms with Crippen LogP contribution in [0.5, 0.6) is 0 Å². The van der Waals surface area contributed by atoms with E-state index >= 15 is 0 Å². The second-order valence-electron chi connectivity index (χ2n) is 10.4. The maximum Gasteiger partial charge on any atom is 0.325 e. The molecule has 11 heteroatoms. The second kappa shape index (κ2) is 7.21. The van der Waals surface area contributed by atoms with Gasteiger partial charge in [-0.3, -0.25) is 14.6 Å². The summed E-state index contributed by atoms with van der Waals surface area (Å²) in [5.41, 5.74) is 2.84. The quantitative estimate of drug-likeness (QED) is 0.433. The Bertz CT molecular complexity index is 1730. The minimum absolute atomic E-state index is 0.0691.